The van der Waals surface area contributed by atoms with Gasteiger partial charge in [0.2, 0.25) is 0 Å². The van der Waals surface area contributed by atoms with E-state index in [0.717, 1.165) is 7.05 Å². The third-order valence-corrected chi connectivity index (χ3v) is 2.92. The molecule has 1 rings (SSSR count). The maximum atomic E-state index is 12.8. The molecule has 0 amide bonds. The summed E-state index contributed by atoms with van der Waals surface area (Å²) in [6, 6.07) is 0. The van der Waals surface area contributed by atoms with Crippen LogP contribution in [0.25, 0.3) is 0 Å². The second-order valence-corrected chi connectivity index (χ2v) is 5.09. The second kappa shape index (κ2) is 6.26. The van der Waals surface area contributed by atoms with Crippen LogP contribution in [0.2, 0.25) is 0 Å². The van der Waals surface area contributed by atoms with Crippen LogP contribution in [0.1, 0.15) is 25.4 Å². The Bertz CT molecular complexity index is 605. The average Bonchev–Trinajstić information content (AvgIpc) is 2.71. The molecule has 1 aromatic rings. The third kappa shape index (κ3) is 4.13. The van der Waals surface area contributed by atoms with E-state index in [1.54, 1.807) is 13.8 Å². The largest absolute Gasteiger partial charge is 0.475 e. The van der Waals surface area contributed by atoms with Gasteiger partial charge in [0.05, 0.1) is 0 Å². The fraction of sp³-hybridized carbons (Fsp3) is 0.500. The van der Waals surface area contributed by atoms with Gasteiger partial charge < -0.3 is 15.4 Å². The van der Waals surface area contributed by atoms with Gasteiger partial charge in [0.25, 0.3) is 0 Å². The van der Waals surface area contributed by atoms with Crippen molar-refractivity contribution in [1.29, 1.82) is 0 Å². The Labute approximate surface area is 124 Å². The highest BCUT2D eigenvalue weighted by Crippen LogP contribution is 2.32. The Kier molecular flexibility index (Phi) is 5.07. The Morgan fingerprint density at radius 1 is 1.41 bits per heavy atom. The summed E-state index contributed by atoms with van der Waals surface area (Å²) in [5, 5.41) is 13.7. The van der Waals surface area contributed by atoms with Crippen molar-refractivity contribution in [3.05, 3.63) is 33.8 Å². The monoisotopic (exact) mass is 320 g/mol. The molecule has 7 nitrogen and oxygen atoms in total. The number of hydrogen-bond donors (Lipinski definition) is 1. The summed E-state index contributed by atoms with van der Waals surface area (Å²) in [6.45, 7) is 3.12. The van der Waals surface area contributed by atoms with Gasteiger partial charge in [0, 0.05) is 19.1 Å². The molecule has 0 radical (unpaired) electrons. The standard InChI is InChI=1S/C12H15F3N4O3/c1-11(2,5-4-6-20)16-7-8-9(19(21)22)17-10(18(8)3)12(13,14)15/h4-6,16H,7H2,1-3H3. The van der Waals surface area contributed by atoms with Crippen molar-refractivity contribution in [3.63, 3.8) is 0 Å². The van der Waals surface area contributed by atoms with Crippen molar-refractivity contribution in [3.8, 4) is 0 Å². The summed E-state index contributed by atoms with van der Waals surface area (Å²) >= 11 is 0. The number of carbonyl (C=O) groups is 1. The van der Waals surface area contributed by atoms with Crippen molar-refractivity contribution in [2.24, 2.45) is 7.05 Å². The van der Waals surface area contributed by atoms with Crippen molar-refractivity contribution >= 4 is 12.1 Å². The number of nitrogens with one attached hydrogen (secondary N) is 1. The van der Waals surface area contributed by atoms with Crippen LogP contribution in [-0.4, -0.2) is 26.3 Å². The number of alkyl halides is 3. The topological polar surface area (TPSA) is 90.1 Å². The van der Waals surface area contributed by atoms with Gasteiger partial charge in [-0.2, -0.15) is 13.2 Å². The summed E-state index contributed by atoms with van der Waals surface area (Å²) in [5.74, 6) is -2.19. The van der Waals surface area contributed by atoms with Crippen molar-refractivity contribution < 1.29 is 22.9 Å². The van der Waals surface area contributed by atoms with E-state index in [4.69, 9.17) is 0 Å². The fourth-order valence-electron chi connectivity index (χ4n) is 1.77. The lowest BCUT2D eigenvalue weighted by Crippen LogP contribution is -2.37. The molecule has 0 aliphatic heterocycles. The molecule has 1 heterocycles. The first-order valence-corrected chi connectivity index (χ1v) is 6.15. The van der Waals surface area contributed by atoms with Gasteiger partial charge in [-0.15, -0.1) is 0 Å². The van der Waals surface area contributed by atoms with Gasteiger partial charge in [-0.3, -0.25) is 9.36 Å². The molecule has 0 bridgehead atoms. The van der Waals surface area contributed by atoms with E-state index < -0.39 is 28.3 Å². The van der Waals surface area contributed by atoms with E-state index in [9.17, 15) is 28.1 Å². The highest BCUT2D eigenvalue weighted by molar-refractivity contribution is 5.65. The average molecular weight is 320 g/mol. The first-order chi connectivity index (χ1) is 9.99. The molecule has 0 aromatic carbocycles. The third-order valence-electron chi connectivity index (χ3n) is 2.92. The quantitative estimate of drug-likeness (QED) is 0.374. The lowest BCUT2D eigenvalue weighted by molar-refractivity contribution is -0.390. The van der Waals surface area contributed by atoms with Crippen LogP contribution in [0.15, 0.2) is 12.2 Å². The summed E-state index contributed by atoms with van der Waals surface area (Å²) in [7, 11) is 1.06. The number of halogens is 3. The maximum absolute atomic E-state index is 12.8. The minimum absolute atomic E-state index is 0.204. The zero-order valence-corrected chi connectivity index (χ0v) is 12.1. The molecule has 0 aliphatic rings. The number of allylic oxidation sites excluding steroid dienone is 1. The molecule has 0 saturated heterocycles. The van der Waals surface area contributed by atoms with Crippen LogP contribution in [0.4, 0.5) is 19.0 Å². The van der Waals surface area contributed by atoms with Crippen LogP contribution in [0.3, 0.4) is 0 Å². The Morgan fingerprint density at radius 3 is 2.45 bits per heavy atom. The first-order valence-electron chi connectivity index (χ1n) is 6.15. The van der Waals surface area contributed by atoms with Crippen molar-refractivity contribution in [2.45, 2.75) is 32.1 Å². The predicted octanol–water partition coefficient (Wildman–Crippen LogP) is 1.97. The minimum Gasteiger partial charge on any atom is -0.358 e. The minimum atomic E-state index is -4.79. The predicted molar refractivity (Wildman–Crippen MR) is 71.0 cm³/mol. The summed E-state index contributed by atoms with van der Waals surface area (Å²) in [5.41, 5.74) is -0.942. The first kappa shape index (κ1) is 17.8. The molecule has 0 unspecified atom stereocenters. The Morgan fingerprint density at radius 2 is 2.00 bits per heavy atom. The van der Waals surface area contributed by atoms with E-state index in [1.165, 1.54) is 12.2 Å². The molecule has 0 fully saturated rings. The summed E-state index contributed by atoms with van der Waals surface area (Å²) in [4.78, 5) is 23.3. The van der Waals surface area contributed by atoms with Crippen molar-refractivity contribution in [1.82, 2.24) is 14.9 Å². The zero-order valence-electron chi connectivity index (χ0n) is 12.1. The molecule has 0 aliphatic carbocycles. The summed E-state index contributed by atoms with van der Waals surface area (Å²) in [6.07, 6.45) is -1.51. The smallest absolute Gasteiger partial charge is 0.358 e. The lowest BCUT2D eigenvalue weighted by atomic mass is 10.1. The molecule has 22 heavy (non-hydrogen) atoms. The van der Waals surface area contributed by atoms with Crippen LogP contribution in [0, 0.1) is 10.1 Å². The van der Waals surface area contributed by atoms with Gasteiger partial charge in [-0.25, -0.2) is 0 Å². The molecular weight excluding hydrogens is 305 g/mol. The number of imidazole rings is 1. The maximum Gasteiger partial charge on any atom is 0.475 e. The number of nitrogens with zero attached hydrogens (tertiary/aromatic N) is 3. The lowest BCUT2D eigenvalue weighted by Gasteiger charge is -2.22. The number of aldehydes is 1. The van der Waals surface area contributed by atoms with E-state index in [-0.39, 0.29) is 12.2 Å². The summed E-state index contributed by atoms with van der Waals surface area (Å²) < 4.78 is 39.0. The van der Waals surface area contributed by atoms with Gasteiger partial charge in [0.15, 0.2) is 0 Å². The molecule has 122 valence electrons. The number of hydrogen-bond acceptors (Lipinski definition) is 5. The highest BCUT2D eigenvalue weighted by atomic mass is 19.4. The molecule has 10 heteroatoms. The van der Waals surface area contributed by atoms with Gasteiger partial charge in [-0.05, 0) is 29.8 Å². The fourth-order valence-corrected chi connectivity index (χ4v) is 1.77. The van der Waals surface area contributed by atoms with Crippen LogP contribution < -0.4 is 5.32 Å². The number of aromatic nitrogens is 2. The molecule has 0 atom stereocenters. The van der Waals surface area contributed by atoms with Crippen LogP contribution >= 0.6 is 0 Å². The van der Waals surface area contributed by atoms with E-state index in [0.29, 0.717) is 10.9 Å². The second-order valence-electron chi connectivity index (χ2n) is 5.09. The molecule has 0 saturated carbocycles. The van der Waals surface area contributed by atoms with Gasteiger partial charge in [0.1, 0.15) is 12.0 Å². The normalized spacial score (nSPS) is 12.8. The van der Waals surface area contributed by atoms with Crippen LogP contribution in [-0.2, 0) is 24.6 Å². The SMILES string of the molecule is Cn1c(C(F)(F)F)nc([N+](=O)[O-])c1CNC(C)(C)C=CC=O. The highest BCUT2D eigenvalue weighted by Gasteiger charge is 2.44. The van der Waals surface area contributed by atoms with E-state index >= 15 is 0 Å². The molecule has 0 spiro atoms. The molecule has 1 N–H and O–H groups in total. The molecular formula is C12H15F3N4O3. The van der Waals surface area contributed by atoms with Gasteiger partial charge in [-0.1, -0.05) is 6.08 Å². The van der Waals surface area contributed by atoms with E-state index in [2.05, 4.69) is 10.3 Å². The molecule has 1 aromatic heterocycles. The number of carbonyl (C=O) groups excluding carboxylic acids is 1. The Balaban J connectivity index is 3.14. The van der Waals surface area contributed by atoms with Gasteiger partial charge >= 0.3 is 17.8 Å². The number of rotatable bonds is 6. The Hall–Kier alpha value is -2.23. The zero-order chi connectivity index (χ0) is 17.1. The van der Waals surface area contributed by atoms with E-state index in [1.807, 2.05) is 0 Å². The number of nitro groups is 1. The van der Waals surface area contributed by atoms with Crippen LogP contribution in [0.5, 0.6) is 0 Å². The van der Waals surface area contributed by atoms with Crippen molar-refractivity contribution in [2.75, 3.05) is 0 Å².